The zero-order chi connectivity index (χ0) is 24.8. The van der Waals surface area contributed by atoms with E-state index in [4.69, 9.17) is 9.84 Å². The van der Waals surface area contributed by atoms with E-state index >= 15 is 0 Å². The molecule has 2 aromatic carbocycles. The minimum atomic E-state index is -0.355. The number of aromatic nitrogens is 1. The minimum Gasteiger partial charge on any atom is -0.490 e. The Hall–Kier alpha value is -2.44. The number of anilines is 2. The minimum absolute atomic E-state index is 0.144. The summed E-state index contributed by atoms with van der Waals surface area (Å²) in [5, 5.41) is 14.9. The number of hydrogen-bond donors (Lipinski definition) is 2. The summed E-state index contributed by atoms with van der Waals surface area (Å²) in [6.07, 6.45) is 6.81. The summed E-state index contributed by atoms with van der Waals surface area (Å²) in [5.74, 6) is 0.503. The first-order chi connectivity index (χ1) is 16.7. The van der Waals surface area contributed by atoms with Crippen LogP contribution in [-0.2, 0) is 6.42 Å². The molecule has 4 nitrogen and oxygen atoms in total. The van der Waals surface area contributed by atoms with E-state index in [9.17, 15) is 4.39 Å². The van der Waals surface area contributed by atoms with E-state index in [-0.39, 0.29) is 12.4 Å². The van der Waals surface area contributed by atoms with E-state index < -0.39 is 0 Å². The van der Waals surface area contributed by atoms with Gasteiger partial charge in [0.2, 0.25) is 0 Å². The Balaban J connectivity index is 0.000000970. The number of rotatable bonds is 8. The monoisotopic (exact) mass is 486 g/mol. The van der Waals surface area contributed by atoms with Crippen LogP contribution in [0.1, 0.15) is 65.4 Å². The third kappa shape index (κ3) is 8.41. The van der Waals surface area contributed by atoms with Crippen molar-refractivity contribution in [3.05, 3.63) is 59.2 Å². The van der Waals surface area contributed by atoms with Gasteiger partial charge in [0, 0.05) is 29.3 Å². The highest BCUT2D eigenvalue weighted by Gasteiger charge is 2.15. The van der Waals surface area contributed by atoms with Gasteiger partial charge in [0.25, 0.3) is 0 Å². The van der Waals surface area contributed by atoms with Gasteiger partial charge in [-0.05, 0) is 42.9 Å². The van der Waals surface area contributed by atoms with Gasteiger partial charge in [-0.1, -0.05) is 71.2 Å². The van der Waals surface area contributed by atoms with Gasteiger partial charge in [-0.2, -0.15) is 0 Å². The van der Waals surface area contributed by atoms with Gasteiger partial charge in [0.1, 0.15) is 0 Å². The van der Waals surface area contributed by atoms with Crippen molar-refractivity contribution in [3.63, 3.8) is 0 Å². The summed E-state index contributed by atoms with van der Waals surface area (Å²) in [5.41, 5.74) is 3.62. The molecule has 0 spiro atoms. The number of halogens is 1. The van der Waals surface area contributed by atoms with Crippen LogP contribution >= 0.6 is 11.3 Å². The predicted octanol–water partition coefficient (Wildman–Crippen LogP) is 8.24. The average molecular weight is 487 g/mol. The maximum Gasteiger partial charge on any atom is 0.187 e. The molecule has 2 N–H and O–H groups in total. The van der Waals surface area contributed by atoms with E-state index in [1.165, 1.54) is 49.5 Å². The third-order valence-corrected chi connectivity index (χ3v) is 6.29. The molecular formula is C28H39FN2O2S. The fourth-order valence-electron chi connectivity index (χ4n) is 3.82. The number of ether oxygens (including phenoxy) is 1. The van der Waals surface area contributed by atoms with Gasteiger partial charge in [-0.15, -0.1) is 11.3 Å². The molecule has 0 unspecified atom stereocenters. The first kappa shape index (κ1) is 27.8. The van der Waals surface area contributed by atoms with Crippen LogP contribution in [0.3, 0.4) is 0 Å². The van der Waals surface area contributed by atoms with Crippen LogP contribution in [0, 0.1) is 11.7 Å². The predicted molar refractivity (Wildman–Crippen MR) is 143 cm³/mol. The van der Waals surface area contributed by atoms with Gasteiger partial charge in [0.15, 0.2) is 16.7 Å². The molecule has 186 valence electrons. The topological polar surface area (TPSA) is 54.4 Å². The highest BCUT2D eigenvalue weighted by Crippen LogP contribution is 2.30. The highest BCUT2D eigenvalue weighted by atomic mass is 32.1. The zero-order valence-electron chi connectivity index (χ0n) is 20.9. The number of aliphatic hydroxyl groups excluding tert-OH is 1. The number of hydrogen-bond acceptors (Lipinski definition) is 5. The van der Waals surface area contributed by atoms with Crippen molar-refractivity contribution < 1.29 is 14.2 Å². The third-order valence-electron chi connectivity index (χ3n) is 5.54. The van der Waals surface area contributed by atoms with Crippen LogP contribution in [0.5, 0.6) is 5.75 Å². The standard InChI is InChI=1S/C24H27FN2O2S.2C2H6/c25-21-14-20(10-11-23(21)29-15-18-4-2-1-3-5-18)26-24-27-22(16-30-24)19-8-6-17(7-9-19)12-13-28;2*1-2/h6-11,14,16,18,28H,1-5,12-13,15H2,(H,26,27);2*1-2H3. The van der Waals surface area contributed by atoms with E-state index in [0.29, 0.717) is 35.5 Å². The van der Waals surface area contributed by atoms with Crippen LogP contribution in [0.25, 0.3) is 11.3 Å². The Kier molecular flexibility index (Phi) is 12.6. The van der Waals surface area contributed by atoms with Crippen LogP contribution in [0.15, 0.2) is 47.8 Å². The van der Waals surface area contributed by atoms with Gasteiger partial charge < -0.3 is 15.2 Å². The molecule has 1 saturated carbocycles. The SMILES string of the molecule is CC.CC.OCCc1ccc(-c2csc(Nc3ccc(OCC4CCCCC4)c(F)c3)n2)cc1. The smallest absolute Gasteiger partial charge is 0.187 e. The quantitative estimate of drug-likeness (QED) is 0.337. The normalized spacial score (nSPS) is 13.2. The lowest BCUT2D eigenvalue weighted by Gasteiger charge is -2.21. The van der Waals surface area contributed by atoms with Crippen LogP contribution in [0.2, 0.25) is 0 Å². The largest absolute Gasteiger partial charge is 0.490 e. The first-order valence-corrected chi connectivity index (χ1v) is 13.4. The van der Waals surface area contributed by atoms with Crippen LogP contribution < -0.4 is 10.1 Å². The summed E-state index contributed by atoms with van der Waals surface area (Å²) < 4.78 is 20.2. The lowest BCUT2D eigenvalue weighted by atomic mass is 9.90. The lowest BCUT2D eigenvalue weighted by Crippen LogP contribution is -2.15. The lowest BCUT2D eigenvalue weighted by molar-refractivity contribution is 0.202. The van der Waals surface area contributed by atoms with Crippen molar-refractivity contribution in [2.75, 3.05) is 18.5 Å². The van der Waals surface area contributed by atoms with Gasteiger partial charge >= 0.3 is 0 Å². The molecule has 1 aromatic heterocycles. The molecule has 1 aliphatic rings. The Labute approximate surface area is 208 Å². The molecule has 4 rings (SSSR count). The number of thiazole rings is 1. The summed E-state index contributed by atoms with van der Waals surface area (Å²) in [4.78, 5) is 4.61. The Morgan fingerprint density at radius 3 is 2.38 bits per heavy atom. The van der Waals surface area contributed by atoms with Gasteiger partial charge in [-0.3, -0.25) is 0 Å². The maximum absolute atomic E-state index is 14.5. The van der Waals surface area contributed by atoms with Crippen molar-refractivity contribution in [1.29, 1.82) is 0 Å². The summed E-state index contributed by atoms with van der Waals surface area (Å²) in [6, 6.07) is 13.0. The second-order valence-electron chi connectivity index (χ2n) is 7.79. The summed E-state index contributed by atoms with van der Waals surface area (Å²) in [7, 11) is 0. The van der Waals surface area contributed by atoms with E-state index in [0.717, 1.165) is 16.8 Å². The fourth-order valence-corrected chi connectivity index (χ4v) is 4.56. The van der Waals surface area contributed by atoms with E-state index in [1.54, 1.807) is 6.07 Å². The molecule has 0 bridgehead atoms. The Bertz CT molecular complexity index is 953. The maximum atomic E-state index is 14.5. The summed E-state index contributed by atoms with van der Waals surface area (Å²) in [6.45, 7) is 8.74. The molecule has 0 atom stereocenters. The second kappa shape index (κ2) is 15.5. The Morgan fingerprint density at radius 2 is 1.74 bits per heavy atom. The highest BCUT2D eigenvalue weighted by molar-refractivity contribution is 7.14. The molecule has 3 aromatic rings. The molecule has 0 aliphatic heterocycles. The number of nitrogens with one attached hydrogen (secondary N) is 1. The van der Waals surface area contributed by atoms with Gasteiger partial charge in [-0.25, -0.2) is 9.37 Å². The van der Waals surface area contributed by atoms with Crippen LogP contribution in [-0.4, -0.2) is 23.3 Å². The molecule has 1 heterocycles. The number of aliphatic hydroxyl groups is 1. The van der Waals surface area contributed by atoms with Gasteiger partial charge in [0.05, 0.1) is 12.3 Å². The fraction of sp³-hybridized carbons (Fsp3) is 0.464. The molecule has 1 aliphatic carbocycles. The molecule has 6 heteroatoms. The number of nitrogens with zero attached hydrogens (tertiary/aromatic N) is 1. The van der Waals surface area contributed by atoms with Crippen molar-refractivity contribution in [1.82, 2.24) is 4.98 Å². The van der Waals surface area contributed by atoms with Crippen molar-refractivity contribution in [3.8, 4) is 17.0 Å². The molecule has 0 radical (unpaired) electrons. The second-order valence-corrected chi connectivity index (χ2v) is 8.65. The number of benzene rings is 2. The van der Waals surface area contributed by atoms with Crippen molar-refractivity contribution in [2.45, 2.75) is 66.2 Å². The zero-order valence-corrected chi connectivity index (χ0v) is 21.8. The van der Waals surface area contributed by atoms with Crippen molar-refractivity contribution in [2.24, 2.45) is 5.92 Å². The molecule has 0 saturated heterocycles. The van der Waals surface area contributed by atoms with E-state index in [1.807, 2.05) is 63.4 Å². The summed E-state index contributed by atoms with van der Waals surface area (Å²) >= 11 is 1.48. The van der Waals surface area contributed by atoms with E-state index in [2.05, 4.69) is 10.3 Å². The molecule has 0 amide bonds. The van der Waals surface area contributed by atoms with Crippen LogP contribution in [0.4, 0.5) is 15.2 Å². The average Bonchev–Trinajstić information content (AvgIpc) is 3.36. The molecule has 1 fully saturated rings. The van der Waals surface area contributed by atoms with Crippen molar-refractivity contribution >= 4 is 22.2 Å². The molecular weight excluding hydrogens is 447 g/mol. The first-order valence-electron chi connectivity index (χ1n) is 12.6. The Morgan fingerprint density at radius 1 is 1.03 bits per heavy atom. The molecule has 34 heavy (non-hydrogen) atoms.